The lowest BCUT2D eigenvalue weighted by Crippen LogP contribution is -2.34. The highest BCUT2D eigenvalue weighted by atomic mass is 16.5. The lowest BCUT2D eigenvalue weighted by Gasteiger charge is -2.37. The predicted molar refractivity (Wildman–Crippen MR) is 113 cm³/mol. The van der Waals surface area contributed by atoms with Crippen LogP contribution in [0, 0.1) is 0 Å². The Kier molecular flexibility index (Phi) is 6.59. The third kappa shape index (κ3) is 4.74. The average Bonchev–Trinajstić information content (AvgIpc) is 2.72. The van der Waals surface area contributed by atoms with Gasteiger partial charge in [0.25, 0.3) is 0 Å². The quantitative estimate of drug-likeness (QED) is 0.738. The second-order valence-electron chi connectivity index (χ2n) is 7.69. The van der Waals surface area contributed by atoms with Crippen molar-refractivity contribution in [1.82, 2.24) is 10.2 Å². The van der Waals surface area contributed by atoms with Gasteiger partial charge in [0.1, 0.15) is 11.6 Å². The fourth-order valence-electron chi connectivity index (χ4n) is 4.22. The Labute approximate surface area is 164 Å². The van der Waals surface area contributed by atoms with Crippen LogP contribution in [-0.2, 0) is 6.54 Å². The Balaban J connectivity index is 1.81. The van der Waals surface area contributed by atoms with Gasteiger partial charge in [-0.05, 0) is 50.0 Å². The van der Waals surface area contributed by atoms with E-state index in [2.05, 4.69) is 59.2 Å². The minimum atomic E-state index is 0.319. The normalized spacial score (nSPS) is 20.1. The van der Waals surface area contributed by atoms with Gasteiger partial charge >= 0.3 is 0 Å². The van der Waals surface area contributed by atoms with Gasteiger partial charge in [-0.15, -0.1) is 0 Å². The van der Waals surface area contributed by atoms with Crippen molar-refractivity contribution in [2.45, 2.75) is 64.0 Å². The zero-order chi connectivity index (χ0) is 19.2. The molecule has 27 heavy (non-hydrogen) atoms. The van der Waals surface area contributed by atoms with E-state index in [0.29, 0.717) is 12.0 Å². The summed E-state index contributed by atoms with van der Waals surface area (Å²) in [6.45, 7) is 7.25. The third-order valence-electron chi connectivity index (χ3n) is 5.79. The lowest BCUT2D eigenvalue weighted by molar-refractivity contribution is 0.192. The average molecular weight is 368 g/mol. The van der Waals surface area contributed by atoms with E-state index in [0.717, 1.165) is 30.2 Å². The zero-order valence-electron chi connectivity index (χ0n) is 17.0. The minimum absolute atomic E-state index is 0.319. The van der Waals surface area contributed by atoms with Crippen LogP contribution >= 0.6 is 0 Å². The van der Waals surface area contributed by atoms with Gasteiger partial charge in [-0.2, -0.15) is 0 Å². The maximum Gasteiger partial charge on any atom is 0.123 e. The number of hydrogen-bond acceptors (Lipinski definition) is 4. The Morgan fingerprint density at radius 2 is 2.07 bits per heavy atom. The summed E-state index contributed by atoms with van der Waals surface area (Å²) >= 11 is 0. The van der Waals surface area contributed by atoms with Crippen LogP contribution in [0.5, 0.6) is 5.75 Å². The van der Waals surface area contributed by atoms with Crippen molar-refractivity contribution in [3.05, 3.63) is 53.5 Å². The van der Waals surface area contributed by atoms with Crippen molar-refractivity contribution in [1.29, 1.82) is 0 Å². The van der Waals surface area contributed by atoms with Crippen LogP contribution in [0.1, 0.15) is 62.5 Å². The summed E-state index contributed by atoms with van der Waals surface area (Å²) in [6, 6.07) is 7.17. The first-order valence-corrected chi connectivity index (χ1v) is 10.1. The van der Waals surface area contributed by atoms with Crippen molar-refractivity contribution in [3.63, 3.8) is 0 Å². The smallest absolute Gasteiger partial charge is 0.123 e. The Morgan fingerprint density at radius 3 is 2.67 bits per heavy atom. The highest BCUT2D eigenvalue weighted by molar-refractivity contribution is 5.71. The molecule has 0 spiro atoms. The van der Waals surface area contributed by atoms with Crippen LogP contribution in [-0.4, -0.2) is 31.3 Å². The van der Waals surface area contributed by atoms with Crippen molar-refractivity contribution in [3.8, 4) is 5.75 Å². The molecular weight excluding hydrogens is 334 g/mol. The number of methoxy groups -OCH3 is 1. The van der Waals surface area contributed by atoms with E-state index in [4.69, 9.17) is 4.74 Å². The van der Waals surface area contributed by atoms with Crippen LogP contribution in [0.15, 0.2) is 47.4 Å². The second-order valence-corrected chi connectivity index (χ2v) is 7.69. The molecule has 1 heterocycles. The number of benzene rings is 1. The first-order chi connectivity index (χ1) is 13.1. The molecule has 1 saturated carbocycles. The van der Waals surface area contributed by atoms with E-state index in [-0.39, 0.29) is 0 Å². The van der Waals surface area contributed by atoms with Crippen molar-refractivity contribution < 1.29 is 4.74 Å². The molecule has 0 saturated heterocycles. The molecule has 0 radical (unpaired) electrons. The molecule has 1 aromatic rings. The lowest BCUT2D eigenvalue weighted by atomic mass is 9.92. The minimum Gasteiger partial charge on any atom is -0.496 e. The van der Waals surface area contributed by atoms with E-state index in [1.165, 1.54) is 43.2 Å². The standard InChI is InChI=1S/C23H33N3O/c1-17(2)26(21-8-6-5-7-9-21)16-20-14-18(10-12-22(20)27-4)19-11-13-23(24-3)25-15-19/h10,12-15,19,21,24H,1,5-9,11,16H2,2-4H3. The second kappa shape index (κ2) is 9.12. The summed E-state index contributed by atoms with van der Waals surface area (Å²) in [6.07, 6.45) is 11.7. The Morgan fingerprint density at radius 1 is 1.30 bits per heavy atom. The maximum atomic E-state index is 5.68. The SMILES string of the molecule is C=C(C)N(Cc1cc(C2C=NC(NC)=CC2)ccc1OC)C1CCCCC1. The molecule has 1 N–H and O–H groups in total. The number of nitrogens with one attached hydrogen (secondary N) is 1. The molecule has 4 heteroatoms. The highest BCUT2D eigenvalue weighted by Gasteiger charge is 2.23. The molecule has 2 aliphatic rings. The van der Waals surface area contributed by atoms with E-state index in [1.54, 1.807) is 7.11 Å². The summed E-state index contributed by atoms with van der Waals surface area (Å²) in [5, 5.41) is 3.11. The highest BCUT2D eigenvalue weighted by Crippen LogP contribution is 2.32. The van der Waals surface area contributed by atoms with Crippen LogP contribution < -0.4 is 10.1 Å². The van der Waals surface area contributed by atoms with E-state index >= 15 is 0 Å². The van der Waals surface area contributed by atoms with Gasteiger partial charge in [-0.3, -0.25) is 0 Å². The van der Waals surface area contributed by atoms with Gasteiger partial charge in [0.2, 0.25) is 0 Å². The number of allylic oxidation sites excluding steroid dienone is 2. The van der Waals surface area contributed by atoms with Crippen LogP contribution in [0.2, 0.25) is 0 Å². The predicted octanol–water partition coefficient (Wildman–Crippen LogP) is 4.98. The van der Waals surface area contributed by atoms with E-state index in [9.17, 15) is 0 Å². The Hall–Kier alpha value is -2.23. The molecule has 1 aromatic carbocycles. The monoisotopic (exact) mass is 367 g/mol. The molecule has 1 aliphatic carbocycles. The summed E-state index contributed by atoms with van der Waals surface area (Å²) in [4.78, 5) is 6.99. The number of hydrogen-bond donors (Lipinski definition) is 1. The number of ether oxygens (including phenoxy) is 1. The summed E-state index contributed by atoms with van der Waals surface area (Å²) in [5.74, 6) is 2.23. The van der Waals surface area contributed by atoms with Gasteiger partial charge < -0.3 is 15.0 Å². The zero-order valence-corrected chi connectivity index (χ0v) is 17.0. The van der Waals surface area contributed by atoms with Crippen molar-refractivity contribution in [2.24, 2.45) is 4.99 Å². The largest absolute Gasteiger partial charge is 0.496 e. The molecule has 0 aromatic heterocycles. The molecular formula is C23H33N3O. The number of rotatable bonds is 7. The van der Waals surface area contributed by atoms with Crippen molar-refractivity contribution in [2.75, 3.05) is 14.2 Å². The molecule has 0 bridgehead atoms. The van der Waals surface area contributed by atoms with Crippen LogP contribution in [0.25, 0.3) is 0 Å². The topological polar surface area (TPSA) is 36.9 Å². The van der Waals surface area contributed by atoms with Gasteiger partial charge in [-0.25, -0.2) is 4.99 Å². The van der Waals surface area contributed by atoms with Crippen LogP contribution in [0.4, 0.5) is 0 Å². The van der Waals surface area contributed by atoms with Crippen LogP contribution in [0.3, 0.4) is 0 Å². The van der Waals surface area contributed by atoms with E-state index in [1.807, 2.05) is 7.05 Å². The molecule has 1 atom stereocenters. The first kappa shape index (κ1) is 19.5. The summed E-state index contributed by atoms with van der Waals surface area (Å²) in [7, 11) is 3.67. The maximum absolute atomic E-state index is 5.68. The third-order valence-corrected chi connectivity index (χ3v) is 5.79. The summed E-state index contributed by atoms with van der Waals surface area (Å²) in [5.41, 5.74) is 3.68. The molecule has 0 amide bonds. The first-order valence-electron chi connectivity index (χ1n) is 10.1. The van der Waals surface area contributed by atoms with Gasteiger partial charge in [0.15, 0.2) is 0 Å². The van der Waals surface area contributed by atoms with Gasteiger partial charge in [-0.1, -0.05) is 31.9 Å². The summed E-state index contributed by atoms with van der Waals surface area (Å²) < 4.78 is 5.68. The van der Waals surface area contributed by atoms with Gasteiger partial charge in [0, 0.05) is 43.0 Å². The Bertz CT molecular complexity index is 716. The molecule has 3 rings (SSSR count). The fourth-order valence-corrected chi connectivity index (χ4v) is 4.22. The number of aliphatic imine (C=N–C) groups is 1. The fraction of sp³-hybridized carbons (Fsp3) is 0.522. The van der Waals surface area contributed by atoms with E-state index < -0.39 is 0 Å². The van der Waals surface area contributed by atoms with Crippen molar-refractivity contribution >= 4 is 6.21 Å². The molecule has 1 aliphatic heterocycles. The number of nitrogens with zero attached hydrogens (tertiary/aromatic N) is 2. The van der Waals surface area contributed by atoms with Gasteiger partial charge in [0.05, 0.1) is 7.11 Å². The molecule has 1 fully saturated rings. The molecule has 4 nitrogen and oxygen atoms in total. The molecule has 1 unspecified atom stereocenters. The molecule has 146 valence electrons.